The van der Waals surface area contributed by atoms with Crippen LogP contribution in [0, 0.1) is 0 Å². The molecule has 0 bridgehead atoms. The standard InChI is InChI=1S/C16H22ClN3O3S.ClH/c17-13-3-1-5-15(11-13)24(22,23)20-9-7-19(8-10-20)16(21)12-14-4-2-6-18-14;/h1,3,5,11,14,18H,2,4,6-10,12H2;1H. The minimum atomic E-state index is -3.56. The second-order valence-corrected chi connectivity index (χ2v) is 8.61. The first-order valence-electron chi connectivity index (χ1n) is 8.24. The molecule has 0 aromatic heterocycles. The van der Waals surface area contributed by atoms with Crippen molar-refractivity contribution in [3.63, 3.8) is 0 Å². The number of nitrogens with one attached hydrogen (secondary N) is 1. The van der Waals surface area contributed by atoms with Gasteiger partial charge in [0, 0.05) is 43.7 Å². The number of carbonyl (C=O) groups excluding carboxylic acids is 1. The second-order valence-electron chi connectivity index (χ2n) is 6.24. The van der Waals surface area contributed by atoms with Crippen LogP contribution in [0.1, 0.15) is 19.3 Å². The Morgan fingerprint density at radius 2 is 1.96 bits per heavy atom. The van der Waals surface area contributed by atoms with Crippen LogP contribution in [0.15, 0.2) is 29.2 Å². The molecule has 1 aromatic rings. The number of amides is 1. The van der Waals surface area contributed by atoms with E-state index in [1.165, 1.54) is 10.4 Å². The van der Waals surface area contributed by atoms with Crippen LogP contribution >= 0.6 is 24.0 Å². The molecule has 1 amide bonds. The monoisotopic (exact) mass is 407 g/mol. The Morgan fingerprint density at radius 1 is 1.24 bits per heavy atom. The van der Waals surface area contributed by atoms with Crippen molar-refractivity contribution < 1.29 is 13.2 Å². The number of halogens is 2. The quantitative estimate of drug-likeness (QED) is 0.824. The minimum Gasteiger partial charge on any atom is -0.340 e. The van der Waals surface area contributed by atoms with Crippen LogP contribution in [0.5, 0.6) is 0 Å². The highest BCUT2D eigenvalue weighted by Gasteiger charge is 2.31. The first-order valence-corrected chi connectivity index (χ1v) is 10.1. The van der Waals surface area contributed by atoms with Crippen LogP contribution in [0.4, 0.5) is 0 Å². The number of hydrogen-bond acceptors (Lipinski definition) is 4. The van der Waals surface area contributed by atoms with E-state index < -0.39 is 10.0 Å². The summed E-state index contributed by atoms with van der Waals surface area (Å²) < 4.78 is 26.7. The Morgan fingerprint density at radius 3 is 2.56 bits per heavy atom. The molecule has 2 saturated heterocycles. The van der Waals surface area contributed by atoms with Gasteiger partial charge in [-0.15, -0.1) is 12.4 Å². The highest BCUT2D eigenvalue weighted by Crippen LogP contribution is 2.21. The van der Waals surface area contributed by atoms with Crippen molar-refractivity contribution >= 4 is 39.9 Å². The molecule has 2 heterocycles. The normalized spacial score (nSPS) is 21.8. The molecule has 6 nitrogen and oxygen atoms in total. The van der Waals surface area contributed by atoms with E-state index in [1.54, 1.807) is 23.1 Å². The van der Waals surface area contributed by atoms with Crippen molar-refractivity contribution in [1.82, 2.24) is 14.5 Å². The summed E-state index contributed by atoms with van der Waals surface area (Å²) in [5, 5.41) is 3.72. The molecule has 3 rings (SSSR count). The Labute approximate surface area is 160 Å². The molecule has 9 heteroatoms. The summed E-state index contributed by atoms with van der Waals surface area (Å²) >= 11 is 5.89. The van der Waals surface area contributed by atoms with Gasteiger partial charge in [-0.1, -0.05) is 17.7 Å². The second kappa shape index (κ2) is 8.68. The topological polar surface area (TPSA) is 69.7 Å². The van der Waals surface area contributed by atoms with E-state index in [0.29, 0.717) is 37.6 Å². The Bertz CT molecular complexity index is 700. The maximum absolute atomic E-state index is 12.6. The largest absolute Gasteiger partial charge is 0.340 e. The third-order valence-corrected chi connectivity index (χ3v) is 6.74. The lowest BCUT2D eigenvalue weighted by Crippen LogP contribution is -2.51. The molecule has 1 aromatic carbocycles. The maximum atomic E-state index is 12.6. The minimum absolute atomic E-state index is 0. The SMILES string of the molecule is Cl.O=C(CC1CCCN1)N1CCN(S(=O)(=O)c2cccc(Cl)c2)CC1. The van der Waals surface area contributed by atoms with Crippen molar-refractivity contribution in [2.75, 3.05) is 32.7 Å². The summed E-state index contributed by atoms with van der Waals surface area (Å²) in [5.74, 6) is 0.106. The van der Waals surface area contributed by atoms with Crippen LogP contribution in [-0.2, 0) is 14.8 Å². The third-order valence-electron chi connectivity index (χ3n) is 4.61. The van der Waals surface area contributed by atoms with Crippen LogP contribution in [0.2, 0.25) is 5.02 Å². The van der Waals surface area contributed by atoms with Gasteiger partial charge in [0.2, 0.25) is 15.9 Å². The van der Waals surface area contributed by atoms with Gasteiger partial charge in [-0.3, -0.25) is 4.79 Å². The summed E-state index contributed by atoms with van der Waals surface area (Å²) in [6, 6.07) is 6.55. The summed E-state index contributed by atoms with van der Waals surface area (Å²) in [4.78, 5) is 14.3. The van der Waals surface area contributed by atoms with Crippen LogP contribution in [0.3, 0.4) is 0 Å². The van der Waals surface area contributed by atoms with Gasteiger partial charge in [0.25, 0.3) is 0 Å². The van der Waals surface area contributed by atoms with Crippen molar-refractivity contribution in [2.45, 2.75) is 30.2 Å². The van der Waals surface area contributed by atoms with Gasteiger partial charge in [-0.25, -0.2) is 8.42 Å². The molecule has 2 aliphatic heterocycles. The van der Waals surface area contributed by atoms with E-state index in [9.17, 15) is 13.2 Å². The molecule has 2 aliphatic rings. The lowest BCUT2D eigenvalue weighted by Gasteiger charge is -2.34. The maximum Gasteiger partial charge on any atom is 0.243 e. The lowest BCUT2D eigenvalue weighted by atomic mass is 10.1. The van der Waals surface area contributed by atoms with Gasteiger partial charge in [0.05, 0.1) is 4.90 Å². The predicted molar refractivity (Wildman–Crippen MR) is 99.7 cm³/mol. The Balaban J connectivity index is 0.00000225. The number of piperazine rings is 1. The Hall–Kier alpha value is -0.860. The van der Waals surface area contributed by atoms with Gasteiger partial charge in [0.15, 0.2) is 0 Å². The summed E-state index contributed by atoms with van der Waals surface area (Å²) in [7, 11) is -3.56. The van der Waals surface area contributed by atoms with E-state index >= 15 is 0 Å². The number of nitrogens with zero attached hydrogens (tertiary/aromatic N) is 2. The molecule has 1 N–H and O–H groups in total. The van der Waals surface area contributed by atoms with E-state index in [2.05, 4.69) is 5.32 Å². The van der Waals surface area contributed by atoms with Gasteiger partial charge in [-0.05, 0) is 37.6 Å². The third kappa shape index (κ3) is 4.86. The zero-order chi connectivity index (χ0) is 17.2. The van der Waals surface area contributed by atoms with Crippen molar-refractivity contribution in [3.05, 3.63) is 29.3 Å². The van der Waals surface area contributed by atoms with Crippen molar-refractivity contribution in [2.24, 2.45) is 0 Å². The zero-order valence-corrected chi connectivity index (χ0v) is 16.2. The zero-order valence-electron chi connectivity index (χ0n) is 13.9. The van der Waals surface area contributed by atoms with Crippen molar-refractivity contribution in [3.8, 4) is 0 Å². The summed E-state index contributed by atoms with van der Waals surface area (Å²) in [5.41, 5.74) is 0. The van der Waals surface area contributed by atoms with Crippen LogP contribution < -0.4 is 5.32 Å². The molecule has 2 fully saturated rings. The molecule has 0 spiro atoms. The fraction of sp³-hybridized carbons (Fsp3) is 0.562. The lowest BCUT2D eigenvalue weighted by molar-refractivity contribution is -0.132. The number of sulfonamides is 1. The fourth-order valence-corrected chi connectivity index (χ4v) is 4.95. The summed E-state index contributed by atoms with van der Waals surface area (Å²) in [6.45, 7) is 2.48. The smallest absolute Gasteiger partial charge is 0.243 e. The highest BCUT2D eigenvalue weighted by atomic mass is 35.5. The first-order chi connectivity index (χ1) is 11.5. The molecule has 1 atom stereocenters. The van der Waals surface area contributed by atoms with Crippen LogP contribution in [0.25, 0.3) is 0 Å². The molecular formula is C16H23Cl2N3O3S. The number of carbonyl (C=O) groups is 1. The van der Waals surface area contributed by atoms with Crippen LogP contribution in [-0.4, -0.2) is 62.3 Å². The van der Waals surface area contributed by atoms with E-state index in [-0.39, 0.29) is 29.3 Å². The average molecular weight is 408 g/mol. The molecule has 0 saturated carbocycles. The van der Waals surface area contributed by atoms with Gasteiger partial charge in [0.1, 0.15) is 0 Å². The predicted octanol–water partition coefficient (Wildman–Crippen LogP) is 1.74. The van der Waals surface area contributed by atoms with Crippen molar-refractivity contribution in [1.29, 1.82) is 0 Å². The molecule has 140 valence electrons. The molecule has 1 unspecified atom stereocenters. The Kier molecular flexibility index (Phi) is 7.10. The fourth-order valence-electron chi connectivity index (χ4n) is 3.23. The molecule has 0 aliphatic carbocycles. The number of hydrogen-bond donors (Lipinski definition) is 1. The molecule has 25 heavy (non-hydrogen) atoms. The van der Waals surface area contributed by atoms with E-state index in [0.717, 1.165) is 19.4 Å². The molecular weight excluding hydrogens is 385 g/mol. The van der Waals surface area contributed by atoms with E-state index in [1.807, 2.05) is 0 Å². The molecule has 0 radical (unpaired) electrons. The first kappa shape index (κ1) is 20.5. The number of rotatable bonds is 4. The van der Waals surface area contributed by atoms with Gasteiger partial charge < -0.3 is 10.2 Å². The average Bonchev–Trinajstić information content (AvgIpc) is 3.08. The summed E-state index contributed by atoms with van der Waals surface area (Å²) in [6.07, 6.45) is 2.65. The highest BCUT2D eigenvalue weighted by molar-refractivity contribution is 7.89. The number of benzene rings is 1. The van der Waals surface area contributed by atoms with Gasteiger partial charge in [-0.2, -0.15) is 4.31 Å². The van der Waals surface area contributed by atoms with Gasteiger partial charge >= 0.3 is 0 Å². The van der Waals surface area contributed by atoms with E-state index in [4.69, 9.17) is 11.6 Å².